The monoisotopic (exact) mass is 368 g/mol. The van der Waals surface area contributed by atoms with Crippen LogP contribution in [0.5, 0.6) is 0 Å². The minimum atomic E-state index is -1.36. The standard InChI is InChI=1S/2CCl4S/c2*2-1(3,4)6-5. The molecule has 0 aromatic heterocycles. The van der Waals surface area contributed by atoms with Crippen molar-refractivity contribution in [2.75, 3.05) is 0 Å². The molecule has 0 aromatic carbocycles. The first-order chi connectivity index (χ1) is 5.12. The van der Waals surface area contributed by atoms with Crippen molar-refractivity contribution in [2.24, 2.45) is 0 Å². The van der Waals surface area contributed by atoms with Gasteiger partial charge in [-0.15, -0.1) is 0 Å². The Kier molecular flexibility index (Phi) is 11.9. The number of rotatable bonds is 0. The fourth-order valence-electron chi connectivity index (χ4n) is 0. The van der Waals surface area contributed by atoms with Gasteiger partial charge in [0, 0.05) is 22.0 Å². The minimum Gasteiger partial charge on any atom is -0.0706 e. The molecule has 12 heavy (non-hydrogen) atoms. The van der Waals surface area contributed by atoms with Crippen molar-refractivity contribution in [3.05, 3.63) is 0 Å². The maximum absolute atomic E-state index is 5.08. The Balaban J connectivity index is 0. The number of hydrogen-bond donors (Lipinski definition) is 0. The van der Waals surface area contributed by atoms with Crippen molar-refractivity contribution in [3.8, 4) is 0 Å². The predicted octanol–water partition coefficient (Wildman–Crippen LogP) is 6.40. The molecule has 0 unspecified atom stereocenters. The minimum absolute atomic E-state index is 0.650. The van der Waals surface area contributed by atoms with Crippen LogP contribution in [0.2, 0.25) is 0 Å². The summed E-state index contributed by atoms with van der Waals surface area (Å²) in [5.41, 5.74) is 0. The van der Waals surface area contributed by atoms with Gasteiger partial charge in [-0.3, -0.25) is 0 Å². The summed E-state index contributed by atoms with van der Waals surface area (Å²) in [5, 5.41) is 0. The van der Waals surface area contributed by atoms with Gasteiger partial charge in [0.05, 0.1) is 0 Å². The second kappa shape index (κ2) is 8.20. The van der Waals surface area contributed by atoms with Gasteiger partial charge >= 0.3 is 0 Å². The number of alkyl halides is 6. The molecular formula is C2Cl8S2. The van der Waals surface area contributed by atoms with E-state index in [9.17, 15) is 0 Å². The maximum Gasteiger partial charge on any atom is 0.251 e. The summed E-state index contributed by atoms with van der Waals surface area (Å²) in [6.07, 6.45) is 0. The molecule has 0 spiro atoms. The zero-order chi connectivity index (χ0) is 10.4. The molecular weight excluding hydrogens is 372 g/mol. The Morgan fingerprint density at radius 2 is 0.667 bits per heavy atom. The SMILES string of the molecule is ClSC(Cl)(Cl)Cl.ClSC(Cl)(Cl)Cl. The van der Waals surface area contributed by atoms with Crippen LogP contribution in [0.4, 0.5) is 0 Å². The van der Waals surface area contributed by atoms with Crippen LogP contribution in [0.3, 0.4) is 0 Å². The Hall–Kier alpha value is 3.02. The van der Waals surface area contributed by atoms with Crippen molar-refractivity contribution >= 4 is 113 Å². The lowest BCUT2D eigenvalue weighted by atomic mass is 11.8. The van der Waals surface area contributed by atoms with Crippen molar-refractivity contribution in [2.45, 2.75) is 6.25 Å². The van der Waals surface area contributed by atoms with E-state index in [0.717, 1.165) is 0 Å². The van der Waals surface area contributed by atoms with Gasteiger partial charge in [-0.2, -0.15) is 0 Å². The predicted molar refractivity (Wildman–Crippen MR) is 67.5 cm³/mol. The summed E-state index contributed by atoms with van der Waals surface area (Å²) in [7, 11) is 11.3. The highest BCUT2D eigenvalue weighted by molar-refractivity contribution is 8.25. The Morgan fingerprint density at radius 3 is 0.667 bits per heavy atom. The summed E-state index contributed by atoms with van der Waals surface area (Å²) in [6.45, 7) is 0. The largest absolute Gasteiger partial charge is 0.251 e. The second-order valence-corrected chi connectivity index (χ2v) is 9.41. The lowest BCUT2D eigenvalue weighted by molar-refractivity contribution is 1.81. The smallest absolute Gasteiger partial charge is 0.0706 e. The number of hydrogen-bond acceptors (Lipinski definition) is 2. The van der Waals surface area contributed by atoms with E-state index in [1.807, 2.05) is 0 Å². The first-order valence-corrected chi connectivity index (χ1v) is 7.40. The van der Waals surface area contributed by atoms with Gasteiger partial charge in [-0.25, -0.2) is 0 Å². The van der Waals surface area contributed by atoms with Crippen LogP contribution < -0.4 is 0 Å². The van der Waals surface area contributed by atoms with Crippen molar-refractivity contribution < 1.29 is 0 Å². The van der Waals surface area contributed by atoms with Crippen LogP contribution in [0.25, 0.3) is 0 Å². The Morgan fingerprint density at radius 1 is 0.583 bits per heavy atom. The van der Waals surface area contributed by atoms with Crippen LogP contribution in [0.15, 0.2) is 0 Å². The van der Waals surface area contributed by atoms with Gasteiger partial charge in [-0.1, -0.05) is 69.6 Å². The summed E-state index contributed by atoms with van der Waals surface area (Å²) in [6, 6.07) is 0. The topological polar surface area (TPSA) is 0 Å². The molecule has 0 aliphatic carbocycles. The molecule has 0 saturated carbocycles. The zero-order valence-electron chi connectivity index (χ0n) is 4.84. The average Bonchev–Trinajstić information content (AvgIpc) is 1.86. The highest BCUT2D eigenvalue weighted by atomic mass is 35.7. The third kappa shape index (κ3) is 23.1. The fraction of sp³-hybridized carbons (Fsp3) is 1.00. The molecule has 0 rings (SSSR count). The summed E-state index contributed by atoms with van der Waals surface area (Å²) in [4.78, 5) is 0. The third-order valence-electron chi connectivity index (χ3n) is 0.175. The molecule has 0 amide bonds. The lowest BCUT2D eigenvalue weighted by Gasteiger charge is -1.99. The number of halogens is 8. The van der Waals surface area contributed by atoms with E-state index >= 15 is 0 Å². The highest BCUT2D eigenvalue weighted by Crippen LogP contribution is 2.41. The van der Waals surface area contributed by atoms with E-state index in [-0.39, 0.29) is 0 Å². The summed E-state index contributed by atoms with van der Waals surface area (Å²) in [5.74, 6) is 0. The van der Waals surface area contributed by atoms with Gasteiger partial charge < -0.3 is 0 Å². The van der Waals surface area contributed by atoms with Crippen molar-refractivity contribution in [3.63, 3.8) is 0 Å². The normalized spacial score (nSPS) is 12.0. The molecule has 0 aromatic rings. The van der Waals surface area contributed by atoms with Gasteiger partial charge in [0.1, 0.15) is 0 Å². The van der Waals surface area contributed by atoms with Crippen molar-refractivity contribution in [1.29, 1.82) is 0 Å². The highest BCUT2D eigenvalue weighted by Gasteiger charge is 2.18. The molecule has 0 heterocycles. The molecule has 0 radical (unpaired) electrons. The Labute approximate surface area is 118 Å². The van der Waals surface area contributed by atoms with Crippen LogP contribution >= 0.6 is 113 Å². The summed E-state index contributed by atoms with van der Waals surface area (Å²) < 4.78 is -2.72. The van der Waals surface area contributed by atoms with E-state index in [0.29, 0.717) is 22.0 Å². The van der Waals surface area contributed by atoms with E-state index < -0.39 is 6.25 Å². The fourth-order valence-corrected chi connectivity index (χ4v) is 0. The molecule has 10 heteroatoms. The van der Waals surface area contributed by atoms with Crippen LogP contribution in [0.1, 0.15) is 0 Å². The van der Waals surface area contributed by atoms with Gasteiger partial charge in [0.2, 0.25) is 0 Å². The quantitative estimate of drug-likeness (QED) is 0.452. The van der Waals surface area contributed by atoms with Crippen LogP contribution in [-0.2, 0) is 0 Å². The molecule has 0 atom stereocenters. The van der Waals surface area contributed by atoms with E-state index in [4.69, 9.17) is 91.0 Å². The molecule has 76 valence electrons. The first kappa shape index (κ1) is 17.4. The third-order valence-corrected chi connectivity index (χ3v) is 4.72. The molecule has 0 aliphatic rings. The zero-order valence-corrected chi connectivity index (χ0v) is 12.5. The molecule has 0 nitrogen and oxygen atoms in total. The molecule has 0 saturated heterocycles. The van der Waals surface area contributed by atoms with Gasteiger partial charge in [-0.05, 0) is 21.4 Å². The molecule has 0 N–H and O–H groups in total. The van der Waals surface area contributed by atoms with E-state index in [2.05, 4.69) is 0 Å². The van der Waals surface area contributed by atoms with Crippen molar-refractivity contribution in [1.82, 2.24) is 0 Å². The average molecular weight is 372 g/mol. The van der Waals surface area contributed by atoms with Gasteiger partial charge in [0.25, 0.3) is 6.25 Å². The lowest BCUT2D eigenvalue weighted by Crippen LogP contribution is -1.86. The first-order valence-electron chi connectivity index (χ1n) is 1.85. The van der Waals surface area contributed by atoms with Crippen LogP contribution in [0, 0.1) is 0 Å². The Bertz CT molecular complexity index is 88.6. The van der Waals surface area contributed by atoms with E-state index in [1.54, 1.807) is 0 Å². The molecule has 0 bridgehead atoms. The molecule has 0 aliphatic heterocycles. The molecule has 0 fully saturated rings. The maximum atomic E-state index is 5.08. The van der Waals surface area contributed by atoms with Crippen LogP contribution in [-0.4, -0.2) is 6.25 Å². The second-order valence-electron chi connectivity index (χ2n) is 1.05. The van der Waals surface area contributed by atoms with Gasteiger partial charge in [0.15, 0.2) is 0 Å². The van der Waals surface area contributed by atoms with E-state index in [1.165, 1.54) is 0 Å². The summed E-state index contributed by atoms with van der Waals surface area (Å²) >= 11 is 30.5.